The molecule has 0 radical (unpaired) electrons. The summed E-state index contributed by atoms with van der Waals surface area (Å²) < 4.78 is 0.598. The Morgan fingerprint density at radius 1 is 0.889 bits per heavy atom. The van der Waals surface area contributed by atoms with E-state index in [-0.39, 0.29) is 51.4 Å². The molecule has 0 rings (SSSR count). The third-order valence-electron chi connectivity index (χ3n) is 3.16. The van der Waals surface area contributed by atoms with E-state index in [4.69, 9.17) is 24.8 Å². The molecular formula is C14H28KNS2. The molecule has 0 aliphatic carbocycles. The average molecular weight is 314 g/mol. The van der Waals surface area contributed by atoms with Gasteiger partial charge in [-0.05, 0) is 6.42 Å². The van der Waals surface area contributed by atoms with Gasteiger partial charge in [0.25, 0.3) is 0 Å². The Labute approximate surface area is 168 Å². The summed E-state index contributed by atoms with van der Waals surface area (Å²) in [5, 5.41) is 0. The minimum absolute atomic E-state index is 0. The van der Waals surface area contributed by atoms with Crippen LogP contribution in [0.3, 0.4) is 0 Å². The minimum atomic E-state index is 0. The van der Waals surface area contributed by atoms with Crippen LogP contribution in [-0.2, 0) is 12.6 Å². The van der Waals surface area contributed by atoms with Crippen LogP contribution in [0.1, 0.15) is 71.1 Å². The van der Waals surface area contributed by atoms with Gasteiger partial charge in [-0.2, -0.15) is 0 Å². The summed E-state index contributed by atoms with van der Waals surface area (Å²) in [6.07, 6.45) is 13.8. The second kappa shape index (κ2) is 16.8. The molecule has 102 valence electrons. The summed E-state index contributed by atoms with van der Waals surface area (Å²) in [7, 11) is 1.99. The predicted octanol–water partition coefficient (Wildman–Crippen LogP) is 1.67. The molecule has 4 heteroatoms. The molecule has 0 aromatic carbocycles. The maximum atomic E-state index is 4.93. The molecule has 0 aromatic heterocycles. The maximum Gasteiger partial charge on any atom is 1.00 e. The molecule has 0 aliphatic heterocycles. The van der Waals surface area contributed by atoms with Gasteiger partial charge >= 0.3 is 51.4 Å². The van der Waals surface area contributed by atoms with Crippen LogP contribution in [0, 0.1) is 0 Å². The van der Waals surface area contributed by atoms with Crippen LogP contribution in [0.2, 0.25) is 0 Å². The summed E-state index contributed by atoms with van der Waals surface area (Å²) in [6, 6.07) is 0. The molecule has 0 aromatic rings. The Bertz CT molecular complexity index is 189. The van der Waals surface area contributed by atoms with E-state index in [1.165, 1.54) is 64.2 Å². The van der Waals surface area contributed by atoms with Crippen molar-refractivity contribution in [1.29, 1.82) is 0 Å². The van der Waals surface area contributed by atoms with E-state index in [0.29, 0.717) is 4.32 Å². The summed E-state index contributed by atoms with van der Waals surface area (Å²) in [6.45, 7) is 3.30. The van der Waals surface area contributed by atoms with Crippen molar-refractivity contribution >= 4 is 29.2 Å². The molecule has 0 spiro atoms. The molecule has 0 N–H and O–H groups in total. The molecule has 0 unspecified atom stereocenters. The fourth-order valence-corrected chi connectivity index (χ4v) is 2.11. The van der Waals surface area contributed by atoms with Crippen LogP contribution in [0.15, 0.2) is 0 Å². The van der Waals surface area contributed by atoms with Gasteiger partial charge in [0, 0.05) is 13.6 Å². The first-order valence-corrected chi connectivity index (χ1v) is 7.92. The smallest absolute Gasteiger partial charge is 0.411 e. The van der Waals surface area contributed by atoms with Crippen LogP contribution in [-0.4, -0.2) is 22.8 Å². The van der Waals surface area contributed by atoms with Crippen molar-refractivity contribution < 1.29 is 51.4 Å². The number of hydrogen-bond acceptors (Lipinski definition) is 2. The topological polar surface area (TPSA) is 3.24 Å². The number of hydrogen-bond donors (Lipinski definition) is 0. The summed E-state index contributed by atoms with van der Waals surface area (Å²) in [5.74, 6) is 0. The first-order valence-electron chi connectivity index (χ1n) is 7.10. The zero-order valence-electron chi connectivity index (χ0n) is 12.5. The minimum Gasteiger partial charge on any atom is -0.411 e. The van der Waals surface area contributed by atoms with Crippen molar-refractivity contribution in [1.82, 2.24) is 4.90 Å². The fourth-order valence-electron chi connectivity index (χ4n) is 1.93. The van der Waals surface area contributed by atoms with Crippen molar-refractivity contribution in [2.24, 2.45) is 0 Å². The van der Waals surface area contributed by atoms with Gasteiger partial charge in [0.2, 0.25) is 0 Å². The van der Waals surface area contributed by atoms with Crippen LogP contribution in [0.25, 0.3) is 0 Å². The van der Waals surface area contributed by atoms with Crippen molar-refractivity contribution in [3.63, 3.8) is 0 Å². The molecule has 0 amide bonds. The summed E-state index contributed by atoms with van der Waals surface area (Å²) in [4.78, 5) is 2.00. The van der Waals surface area contributed by atoms with Crippen LogP contribution >= 0.6 is 12.2 Å². The van der Waals surface area contributed by atoms with Gasteiger partial charge in [0.1, 0.15) is 0 Å². The molecule has 0 saturated heterocycles. The second-order valence-electron chi connectivity index (χ2n) is 4.87. The third-order valence-corrected chi connectivity index (χ3v) is 3.78. The van der Waals surface area contributed by atoms with Gasteiger partial charge < -0.3 is 29.7 Å². The molecule has 0 fully saturated rings. The van der Waals surface area contributed by atoms with E-state index >= 15 is 0 Å². The molecule has 0 heterocycles. The quantitative estimate of drug-likeness (QED) is 0.247. The zero-order valence-corrected chi connectivity index (χ0v) is 17.3. The van der Waals surface area contributed by atoms with Crippen molar-refractivity contribution in [2.45, 2.75) is 71.1 Å². The van der Waals surface area contributed by atoms with Gasteiger partial charge in [-0.1, -0.05) is 69.0 Å². The number of nitrogens with zero attached hydrogens (tertiary/aromatic N) is 1. The van der Waals surface area contributed by atoms with Crippen LogP contribution < -0.4 is 51.4 Å². The van der Waals surface area contributed by atoms with E-state index in [1.807, 2.05) is 11.9 Å². The first kappa shape index (κ1) is 22.0. The van der Waals surface area contributed by atoms with E-state index in [9.17, 15) is 0 Å². The Morgan fingerprint density at radius 2 is 1.28 bits per heavy atom. The standard InChI is InChI=1S/C14H29NS2.K/c1-3-4-5-6-7-8-9-10-11-12-13-15(2)14(16)17;/h3-13H2,1-2H3,(H,16,17);/q;+1/p-1. The van der Waals surface area contributed by atoms with Crippen LogP contribution in [0.5, 0.6) is 0 Å². The normalized spacial score (nSPS) is 9.89. The van der Waals surface area contributed by atoms with Gasteiger partial charge in [-0.15, -0.1) is 0 Å². The molecule has 0 aliphatic rings. The monoisotopic (exact) mass is 313 g/mol. The zero-order chi connectivity index (χ0) is 12.9. The van der Waals surface area contributed by atoms with E-state index < -0.39 is 0 Å². The SMILES string of the molecule is CCCCCCCCCCCCN(C)C(=S)[S-].[K+]. The van der Waals surface area contributed by atoms with Crippen molar-refractivity contribution in [2.75, 3.05) is 13.6 Å². The Balaban J connectivity index is 0. The third kappa shape index (κ3) is 15.8. The molecule has 0 atom stereocenters. The number of thiocarbonyl (C=S) groups is 1. The van der Waals surface area contributed by atoms with Gasteiger partial charge in [-0.3, -0.25) is 0 Å². The van der Waals surface area contributed by atoms with Crippen molar-refractivity contribution in [3.05, 3.63) is 0 Å². The Hall–Kier alpha value is 1.75. The summed E-state index contributed by atoms with van der Waals surface area (Å²) >= 11 is 9.86. The second-order valence-corrected chi connectivity index (χ2v) is 5.90. The van der Waals surface area contributed by atoms with E-state index in [0.717, 1.165) is 6.54 Å². The maximum absolute atomic E-state index is 4.93. The summed E-state index contributed by atoms with van der Waals surface area (Å²) in [5.41, 5.74) is 0. The molecule has 0 bridgehead atoms. The fraction of sp³-hybridized carbons (Fsp3) is 0.929. The van der Waals surface area contributed by atoms with Crippen molar-refractivity contribution in [3.8, 4) is 0 Å². The Morgan fingerprint density at radius 3 is 1.67 bits per heavy atom. The Kier molecular flexibility index (Phi) is 20.6. The van der Waals surface area contributed by atoms with E-state index in [2.05, 4.69) is 6.92 Å². The van der Waals surface area contributed by atoms with Crippen LogP contribution in [0.4, 0.5) is 0 Å². The molecular weight excluding hydrogens is 285 g/mol. The largest absolute Gasteiger partial charge is 1.00 e. The number of rotatable bonds is 11. The van der Waals surface area contributed by atoms with E-state index in [1.54, 1.807) is 0 Å². The molecule has 0 saturated carbocycles. The predicted molar refractivity (Wildman–Crippen MR) is 84.4 cm³/mol. The molecule has 1 nitrogen and oxygen atoms in total. The molecule has 18 heavy (non-hydrogen) atoms. The van der Waals surface area contributed by atoms with Gasteiger partial charge in [0.05, 0.1) is 0 Å². The van der Waals surface area contributed by atoms with Gasteiger partial charge in [0.15, 0.2) is 0 Å². The number of unbranched alkanes of at least 4 members (excludes halogenated alkanes) is 9. The first-order chi connectivity index (χ1) is 8.18. The van der Waals surface area contributed by atoms with Gasteiger partial charge in [-0.25, -0.2) is 0 Å². The average Bonchev–Trinajstić information content (AvgIpc) is 2.31.